The van der Waals surface area contributed by atoms with Crippen LogP contribution in [0, 0.1) is 16.7 Å². The van der Waals surface area contributed by atoms with Crippen LogP contribution >= 0.6 is 0 Å². The van der Waals surface area contributed by atoms with Gasteiger partial charge < -0.3 is 15.2 Å². The highest BCUT2D eigenvalue weighted by molar-refractivity contribution is 6.08. The van der Waals surface area contributed by atoms with Crippen LogP contribution in [0.2, 0.25) is 0 Å². The molecular weight excluding hydrogens is 428 g/mol. The maximum absolute atomic E-state index is 13.7. The lowest BCUT2D eigenvalue weighted by atomic mass is 9.68. The van der Waals surface area contributed by atoms with E-state index in [1.165, 1.54) is 0 Å². The van der Waals surface area contributed by atoms with E-state index in [1.54, 1.807) is 20.3 Å². The maximum atomic E-state index is 13.7. The van der Waals surface area contributed by atoms with Crippen LogP contribution in [0.25, 0.3) is 0 Å². The Morgan fingerprint density at radius 3 is 2.62 bits per heavy atom. The number of hydrogen-bond acceptors (Lipinski definition) is 7. The topological polar surface area (TPSA) is 101 Å². The fourth-order valence-electron chi connectivity index (χ4n) is 5.26. The molecule has 0 aromatic heterocycles. The molecule has 1 unspecified atom stereocenters. The Labute approximate surface area is 198 Å². The number of nitrogens with two attached hydrogens (primary N) is 1. The Morgan fingerprint density at radius 2 is 1.91 bits per heavy atom. The number of amidine groups is 1. The van der Waals surface area contributed by atoms with Crippen molar-refractivity contribution >= 4 is 17.3 Å². The zero-order chi connectivity index (χ0) is 24.2. The molecule has 0 saturated carbocycles. The monoisotopic (exact) mass is 454 g/mol. The third kappa shape index (κ3) is 3.18. The van der Waals surface area contributed by atoms with Gasteiger partial charge in [0.15, 0.2) is 11.6 Å². The van der Waals surface area contributed by atoms with Gasteiger partial charge in [-0.15, -0.1) is 0 Å². The number of carbonyl (C=O) groups excluding carboxylic acids is 1. The molecule has 0 spiro atoms. The van der Waals surface area contributed by atoms with E-state index in [2.05, 4.69) is 19.9 Å². The minimum Gasteiger partial charge on any atom is -0.497 e. The molecule has 0 bridgehead atoms. The quantitative estimate of drug-likeness (QED) is 0.737. The second kappa shape index (κ2) is 7.77. The first-order valence-electron chi connectivity index (χ1n) is 11.2. The largest absolute Gasteiger partial charge is 0.497 e. The van der Waals surface area contributed by atoms with Gasteiger partial charge in [-0.3, -0.25) is 9.69 Å². The molecule has 34 heavy (non-hydrogen) atoms. The summed E-state index contributed by atoms with van der Waals surface area (Å²) in [5.74, 6) is 1.40. The molecule has 0 radical (unpaired) electrons. The molecule has 172 valence electrons. The van der Waals surface area contributed by atoms with Gasteiger partial charge in [-0.1, -0.05) is 32.0 Å². The first-order chi connectivity index (χ1) is 16.3. The number of benzene rings is 2. The van der Waals surface area contributed by atoms with Gasteiger partial charge in [0, 0.05) is 34.9 Å². The van der Waals surface area contributed by atoms with Gasteiger partial charge in [0.1, 0.15) is 17.3 Å². The van der Waals surface area contributed by atoms with Crippen molar-refractivity contribution in [2.24, 2.45) is 16.1 Å². The van der Waals surface area contributed by atoms with Gasteiger partial charge >= 0.3 is 0 Å². The third-order valence-corrected chi connectivity index (χ3v) is 6.72. The summed E-state index contributed by atoms with van der Waals surface area (Å²) in [6.45, 7) is 4.18. The van der Waals surface area contributed by atoms with Crippen LogP contribution in [0.1, 0.15) is 43.7 Å². The molecule has 2 aromatic rings. The fourth-order valence-corrected chi connectivity index (χ4v) is 5.26. The van der Waals surface area contributed by atoms with Crippen LogP contribution in [-0.2, 0) is 4.79 Å². The summed E-state index contributed by atoms with van der Waals surface area (Å²) >= 11 is 0. The molecule has 3 aliphatic rings. The van der Waals surface area contributed by atoms with Crippen molar-refractivity contribution in [3.05, 3.63) is 76.3 Å². The van der Waals surface area contributed by atoms with E-state index in [-0.39, 0.29) is 11.2 Å². The highest BCUT2D eigenvalue weighted by Crippen LogP contribution is 2.53. The summed E-state index contributed by atoms with van der Waals surface area (Å²) in [4.78, 5) is 20.4. The maximum Gasteiger partial charge on any atom is 0.162 e. The molecule has 0 amide bonds. The van der Waals surface area contributed by atoms with E-state index in [1.807, 2.05) is 41.3 Å². The minimum absolute atomic E-state index is 0.0286. The van der Waals surface area contributed by atoms with Crippen LogP contribution in [0.15, 0.2) is 70.1 Å². The number of methoxy groups -OCH3 is 2. The molecule has 2 aromatic carbocycles. The number of carbonyl (C=O) groups is 1. The Hall–Kier alpha value is -4.05. The first kappa shape index (κ1) is 21.8. The van der Waals surface area contributed by atoms with E-state index < -0.39 is 5.92 Å². The number of nitriles is 1. The zero-order valence-corrected chi connectivity index (χ0v) is 19.7. The smallest absolute Gasteiger partial charge is 0.162 e. The predicted octanol–water partition coefficient (Wildman–Crippen LogP) is 4.40. The summed E-state index contributed by atoms with van der Waals surface area (Å²) in [7, 11) is 3.15. The van der Waals surface area contributed by atoms with Crippen LogP contribution in [0.3, 0.4) is 0 Å². The van der Waals surface area contributed by atoms with E-state index >= 15 is 0 Å². The Balaban J connectivity index is 1.85. The number of allylic oxidation sites excluding steroid dienone is 3. The highest BCUT2D eigenvalue weighted by Gasteiger charge is 2.47. The molecule has 5 rings (SSSR count). The average molecular weight is 455 g/mol. The molecule has 0 saturated heterocycles. The molecule has 0 fully saturated rings. The number of hydrogen-bond donors (Lipinski definition) is 1. The summed E-state index contributed by atoms with van der Waals surface area (Å²) in [6, 6.07) is 15.5. The standard InChI is InChI=1S/C27H26N4O3/c1-27(2)12-20-24(21(32)13-27)23(17-10-9-15(33-3)11-22(17)34-4)18(14-28)26-30-25(29)16-7-5-6-8-19(16)31(20)26/h5-11,23H,12-13H2,1-4H3,(H2,29,30). The van der Waals surface area contributed by atoms with E-state index in [4.69, 9.17) is 20.2 Å². The molecule has 2 N–H and O–H groups in total. The molecule has 2 heterocycles. The van der Waals surface area contributed by atoms with Crippen LogP contribution < -0.4 is 20.1 Å². The Bertz CT molecular complexity index is 1360. The Kier molecular flexibility index (Phi) is 4.98. The van der Waals surface area contributed by atoms with Gasteiger partial charge in [0.05, 0.1) is 37.5 Å². The van der Waals surface area contributed by atoms with Gasteiger partial charge in [-0.05, 0) is 30.0 Å². The molecule has 7 heteroatoms. The van der Waals surface area contributed by atoms with E-state index in [9.17, 15) is 10.1 Å². The van der Waals surface area contributed by atoms with Gasteiger partial charge in [-0.25, -0.2) is 4.99 Å². The summed E-state index contributed by atoms with van der Waals surface area (Å²) < 4.78 is 11.0. The molecule has 7 nitrogen and oxygen atoms in total. The summed E-state index contributed by atoms with van der Waals surface area (Å²) in [5, 5.41) is 10.4. The lowest BCUT2D eigenvalue weighted by Gasteiger charge is -2.45. The molecule has 2 aliphatic heterocycles. The summed E-state index contributed by atoms with van der Waals surface area (Å²) in [5.41, 5.74) is 10.3. The number of aliphatic imine (C=N–C) groups is 1. The average Bonchev–Trinajstić information content (AvgIpc) is 2.82. The SMILES string of the molecule is COc1ccc(C2C(C#N)=C3N=C(N)c4ccccc4N3C3=C2C(=O)CC(C)(C)C3)c(OC)c1. The molecular formula is C27H26N4O3. The Morgan fingerprint density at radius 1 is 1.15 bits per heavy atom. The predicted molar refractivity (Wildman–Crippen MR) is 130 cm³/mol. The number of nitrogens with zero attached hydrogens (tertiary/aromatic N) is 3. The van der Waals surface area contributed by atoms with Gasteiger partial charge in [-0.2, -0.15) is 5.26 Å². The fraction of sp³-hybridized carbons (Fsp3) is 0.296. The van der Waals surface area contributed by atoms with Crippen LogP contribution in [-0.4, -0.2) is 25.8 Å². The lowest BCUT2D eigenvalue weighted by Crippen LogP contribution is -2.42. The second-order valence-corrected chi connectivity index (χ2v) is 9.54. The number of rotatable bonds is 3. The normalized spacial score (nSPS) is 20.7. The van der Waals surface area contributed by atoms with Crippen molar-refractivity contribution in [2.75, 3.05) is 19.1 Å². The summed E-state index contributed by atoms with van der Waals surface area (Å²) in [6.07, 6.45) is 1.06. The number of anilines is 1. The minimum atomic E-state index is -0.613. The van der Waals surface area contributed by atoms with Gasteiger partial charge in [0.25, 0.3) is 0 Å². The van der Waals surface area contributed by atoms with Crippen molar-refractivity contribution in [3.8, 4) is 17.6 Å². The van der Waals surface area contributed by atoms with Gasteiger partial charge in [0.2, 0.25) is 0 Å². The molecule has 1 aliphatic carbocycles. The highest BCUT2D eigenvalue weighted by atomic mass is 16.5. The van der Waals surface area contributed by atoms with Crippen molar-refractivity contribution in [1.29, 1.82) is 5.26 Å². The van der Waals surface area contributed by atoms with Crippen LogP contribution in [0.4, 0.5) is 5.69 Å². The van der Waals surface area contributed by atoms with Crippen molar-refractivity contribution in [1.82, 2.24) is 0 Å². The van der Waals surface area contributed by atoms with Crippen molar-refractivity contribution in [3.63, 3.8) is 0 Å². The third-order valence-electron chi connectivity index (χ3n) is 6.72. The second-order valence-electron chi connectivity index (χ2n) is 9.54. The zero-order valence-electron chi connectivity index (χ0n) is 19.7. The number of fused-ring (bicyclic) bond motifs is 4. The van der Waals surface area contributed by atoms with Crippen molar-refractivity contribution < 1.29 is 14.3 Å². The van der Waals surface area contributed by atoms with E-state index in [0.717, 1.165) is 22.5 Å². The number of ether oxygens (including phenoxy) is 2. The molecule has 1 atom stereocenters. The first-order valence-corrected chi connectivity index (χ1v) is 11.2. The van der Waals surface area contributed by atoms with Crippen LogP contribution in [0.5, 0.6) is 11.5 Å². The number of Topliss-reactive ketones (excluding diaryl/α,β-unsaturated/α-hetero) is 1. The number of para-hydroxylation sites is 1. The van der Waals surface area contributed by atoms with Crippen molar-refractivity contribution in [2.45, 2.75) is 32.6 Å². The lowest BCUT2D eigenvalue weighted by molar-refractivity contribution is -0.118. The van der Waals surface area contributed by atoms with E-state index in [0.29, 0.717) is 47.1 Å². The number of ketones is 1.